The van der Waals surface area contributed by atoms with Gasteiger partial charge in [0.05, 0.1) is 6.42 Å². The molecule has 5 heteroatoms. The Labute approximate surface area is 147 Å². The molecule has 0 heterocycles. The van der Waals surface area contributed by atoms with Crippen molar-refractivity contribution in [2.24, 2.45) is 11.5 Å². The topological polar surface area (TPSA) is 95.4 Å². The lowest BCUT2D eigenvalue weighted by Crippen LogP contribution is -2.38. The molecule has 0 saturated heterocycles. The number of primary amides is 1. The lowest BCUT2D eigenvalue weighted by Gasteiger charge is -2.20. The van der Waals surface area contributed by atoms with E-state index < -0.39 is 17.9 Å². The van der Waals surface area contributed by atoms with Crippen molar-refractivity contribution in [1.29, 1.82) is 0 Å². The number of amides is 1. The third kappa shape index (κ3) is 13.3. The highest BCUT2D eigenvalue weighted by atomic mass is 16.5. The van der Waals surface area contributed by atoms with E-state index in [4.69, 9.17) is 16.2 Å². The quantitative estimate of drug-likeness (QED) is 0.329. The number of rotatable bonds is 16. The van der Waals surface area contributed by atoms with Crippen LogP contribution in [0.15, 0.2) is 0 Å². The normalized spacial score (nSPS) is 12.3. The molecule has 5 nitrogen and oxygen atoms in total. The Morgan fingerprint density at radius 1 is 0.833 bits per heavy atom. The average molecular weight is 343 g/mol. The first-order valence-electron chi connectivity index (χ1n) is 9.75. The maximum absolute atomic E-state index is 12.0. The Morgan fingerprint density at radius 2 is 1.29 bits per heavy atom. The molecule has 0 aromatic carbocycles. The Kier molecular flexibility index (Phi) is 14.7. The van der Waals surface area contributed by atoms with Crippen LogP contribution in [0, 0.1) is 0 Å². The second-order valence-electron chi connectivity index (χ2n) is 6.74. The number of carbonyl (C=O) groups is 2. The fourth-order valence-electron chi connectivity index (χ4n) is 2.77. The minimum atomic E-state index is -0.940. The second-order valence-corrected chi connectivity index (χ2v) is 6.74. The Morgan fingerprint density at radius 3 is 1.71 bits per heavy atom. The van der Waals surface area contributed by atoms with Crippen molar-refractivity contribution in [1.82, 2.24) is 0 Å². The summed E-state index contributed by atoms with van der Waals surface area (Å²) >= 11 is 0. The Bertz CT molecular complexity index is 321. The van der Waals surface area contributed by atoms with Crippen molar-refractivity contribution in [3.8, 4) is 0 Å². The smallest absolute Gasteiger partial charge is 0.323 e. The van der Waals surface area contributed by atoms with Crippen LogP contribution >= 0.6 is 0 Å². The van der Waals surface area contributed by atoms with Crippen LogP contribution < -0.4 is 11.5 Å². The van der Waals surface area contributed by atoms with Crippen LogP contribution in [-0.2, 0) is 14.3 Å². The summed E-state index contributed by atoms with van der Waals surface area (Å²) < 4.78 is 5.55. The van der Waals surface area contributed by atoms with E-state index in [-0.39, 0.29) is 12.5 Å². The zero-order valence-corrected chi connectivity index (χ0v) is 15.7. The van der Waals surface area contributed by atoms with Gasteiger partial charge in [0.2, 0.25) is 5.91 Å². The van der Waals surface area contributed by atoms with E-state index in [1.54, 1.807) is 0 Å². The summed E-state index contributed by atoms with van der Waals surface area (Å²) in [4.78, 5) is 22.9. The summed E-state index contributed by atoms with van der Waals surface area (Å²) in [5, 5.41) is 0. The van der Waals surface area contributed by atoms with Crippen molar-refractivity contribution >= 4 is 11.9 Å². The second kappa shape index (κ2) is 15.4. The fraction of sp³-hybridized carbons (Fsp3) is 0.895. The molecule has 0 aliphatic heterocycles. The van der Waals surface area contributed by atoms with Gasteiger partial charge in [-0.25, -0.2) is 0 Å². The average Bonchev–Trinajstić information content (AvgIpc) is 2.53. The molecule has 1 atom stereocenters. The highest BCUT2D eigenvalue weighted by Gasteiger charge is 2.21. The van der Waals surface area contributed by atoms with Crippen molar-refractivity contribution in [2.45, 2.75) is 109 Å². The van der Waals surface area contributed by atoms with E-state index >= 15 is 0 Å². The van der Waals surface area contributed by atoms with Gasteiger partial charge in [-0.1, -0.05) is 65.2 Å². The zero-order chi connectivity index (χ0) is 18.2. The molecule has 0 aliphatic carbocycles. The molecule has 0 rings (SSSR count). The molecular formula is C19H38N2O3. The number of esters is 1. The van der Waals surface area contributed by atoms with Crippen LogP contribution in [0.5, 0.6) is 0 Å². The predicted molar refractivity (Wildman–Crippen MR) is 98.4 cm³/mol. The molecule has 0 saturated carbocycles. The van der Waals surface area contributed by atoms with Crippen LogP contribution in [0.2, 0.25) is 0 Å². The molecule has 0 radical (unpaired) electrons. The van der Waals surface area contributed by atoms with Gasteiger partial charge in [0.1, 0.15) is 12.1 Å². The van der Waals surface area contributed by atoms with Gasteiger partial charge >= 0.3 is 5.97 Å². The number of carbonyl (C=O) groups excluding carboxylic acids is 2. The molecule has 1 amide bonds. The summed E-state index contributed by atoms with van der Waals surface area (Å²) in [6.07, 6.45) is 13.4. The van der Waals surface area contributed by atoms with Crippen molar-refractivity contribution in [3.05, 3.63) is 0 Å². The number of hydrogen-bond acceptors (Lipinski definition) is 4. The number of ether oxygens (including phenoxy) is 1. The molecular weight excluding hydrogens is 304 g/mol. The van der Waals surface area contributed by atoms with Gasteiger partial charge in [-0.2, -0.15) is 0 Å². The first kappa shape index (κ1) is 22.9. The molecule has 0 aromatic rings. The minimum Gasteiger partial charge on any atom is -0.461 e. The van der Waals surface area contributed by atoms with E-state index in [0.29, 0.717) is 0 Å². The van der Waals surface area contributed by atoms with Crippen molar-refractivity contribution in [2.75, 3.05) is 0 Å². The van der Waals surface area contributed by atoms with E-state index in [9.17, 15) is 9.59 Å². The number of hydrogen-bond donors (Lipinski definition) is 2. The first-order chi connectivity index (χ1) is 11.5. The first-order valence-corrected chi connectivity index (χ1v) is 9.75. The highest BCUT2D eigenvalue weighted by molar-refractivity contribution is 5.84. The fourth-order valence-corrected chi connectivity index (χ4v) is 2.77. The summed E-state index contributed by atoms with van der Waals surface area (Å²) in [7, 11) is 0. The molecule has 0 unspecified atom stereocenters. The van der Waals surface area contributed by atoms with E-state index in [2.05, 4.69) is 13.8 Å². The van der Waals surface area contributed by atoms with Gasteiger partial charge < -0.3 is 16.2 Å². The van der Waals surface area contributed by atoms with Crippen LogP contribution in [-0.4, -0.2) is 24.0 Å². The van der Waals surface area contributed by atoms with Gasteiger partial charge in [-0.15, -0.1) is 0 Å². The SMILES string of the molecule is CCCCCCCC(CCCCCCC)OC(=O)[C@@H](N)CC(N)=O. The zero-order valence-electron chi connectivity index (χ0n) is 15.7. The molecule has 0 bridgehead atoms. The third-order valence-electron chi connectivity index (χ3n) is 4.27. The maximum atomic E-state index is 12.0. The maximum Gasteiger partial charge on any atom is 0.323 e. The highest BCUT2D eigenvalue weighted by Crippen LogP contribution is 2.17. The standard InChI is InChI=1S/C19H38N2O3/c1-3-5-7-9-11-13-16(14-12-10-8-6-4-2)24-19(23)17(20)15-18(21)22/h16-17H,3-15,20H2,1-2H3,(H2,21,22)/t17-/m0/s1. The minimum absolute atomic E-state index is 0.0836. The molecule has 24 heavy (non-hydrogen) atoms. The molecule has 142 valence electrons. The van der Waals surface area contributed by atoms with Crippen molar-refractivity contribution in [3.63, 3.8) is 0 Å². The van der Waals surface area contributed by atoms with Crippen molar-refractivity contribution < 1.29 is 14.3 Å². The molecule has 0 spiro atoms. The van der Waals surface area contributed by atoms with Crippen LogP contribution in [0.4, 0.5) is 0 Å². The largest absolute Gasteiger partial charge is 0.461 e. The summed E-state index contributed by atoms with van der Waals surface area (Å²) in [6.45, 7) is 4.39. The van der Waals surface area contributed by atoms with E-state index in [0.717, 1.165) is 25.7 Å². The van der Waals surface area contributed by atoms with E-state index in [1.165, 1.54) is 51.4 Å². The lowest BCUT2D eigenvalue weighted by atomic mass is 10.0. The van der Waals surface area contributed by atoms with Crippen LogP contribution in [0.1, 0.15) is 97.3 Å². The van der Waals surface area contributed by atoms with Crippen LogP contribution in [0.25, 0.3) is 0 Å². The monoisotopic (exact) mass is 342 g/mol. The Balaban J connectivity index is 4.22. The lowest BCUT2D eigenvalue weighted by molar-refractivity contribution is -0.152. The predicted octanol–water partition coefficient (Wildman–Crippen LogP) is 3.82. The Hall–Kier alpha value is -1.10. The van der Waals surface area contributed by atoms with E-state index in [1.807, 2.05) is 0 Å². The number of nitrogens with two attached hydrogens (primary N) is 2. The summed E-state index contributed by atoms with van der Waals surface area (Å²) in [5.74, 6) is -1.07. The molecule has 0 fully saturated rings. The summed E-state index contributed by atoms with van der Waals surface area (Å²) in [6, 6.07) is -0.940. The van der Waals surface area contributed by atoms with Gasteiger partial charge in [0, 0.05) is 0 Å². The van der Waals surface area contributed by atoms with Crippen LogP contribution in [0.3, 0.4) is 0 Å². The van der Waals surface area contributed by atoms with Gasteiger partial charge in [-0.3, -0.25) is 9.59 Å². The van der Waals surface area contributed by atoms with Gasteiger partial charge in [0.15, 0.2) is 0 Å². The molecule has 0 aromatic heterocycles. The van der Waals surface area contributed by atoms with Gasteiger partial charge in [0.25, 0.3) is 0 Å². The molecule has 4 N–H and O–H groups in total. The number of unbranched alkanes of at least 4 members (excludes halogenated alkanes) is 8. The third-order valence-corrected chi connectivity index (χ3v) is 4.27. The van der Waals surface area contributed by atoms with Gasteiger partial charge in [-0.05, 0) is 25.7 Å². The summed E-state index contributed by atoms with van der Waals surface area (Å²) in [5.41, 5.74) is 10.8. The molecule has 0 aliphatic rings.